The first kappa shape index (κ1) is 29.2. The van der Waals surface area contributed by atoms with Crippen molar-refractivity contribution in [2.45, 2.75) is 65.0 Å². The van der Waals surface area contributed by atoms with Gasteiger partial charge in [0.1, 0.15) is 11.6 Å². The van der Waals surface area contributed by atoms with Gasteiger partial charge in [-0.2, -0.15) is 0 Å². The second-order valence-electron chi connectivity index (χ2n) is 11.4. The zero-order chi connectivity index (χ0) is 29.5. The molecule has 0 spiro atoms. The summed E-state index contributed by atoms with van der Waals surface area (Å²) in [4.78, 5) is 34.7. The van der Waals surface area contributed by atoms with Crippen molar-refractivity contribution in [1.82, 2.24) is 19.3 Å². The van der Waals surface area contributed by atoms with Crippen molar-refractivity contribution in [2.24, 2.45) is 5.41 Å². The van der Waals surface area contributed by atoms with Gasteiger partial charge in [-0.15, -0.1) is 11.3 Å². The van der Waals surface area contributed by atoms with Crippen molar-refractivity contribution >= 4 is 49.5 Å². The molecule has 4 aromatic rings. The van der Waals surface area contributed by atoms with E-state index in [1.165, 1.54) is 21.5 Å². The summed E-state index contributed by atoms with van der Waals surface area (Å²) in [6.45, 7) is 12.5. The third kappa shape index (κ3) is 6.18. The molecule has 2 N–H and O–H groups in total. The van der Waals surface area contributed by atoms with E-state index in [1.54, 1.807) is 75.5 Å². The van der Waals surface area contributed by atoms with E-state index in [9.17, 15) is 18.0 Å². The molecule has 3 aromatic heterocycles. The number of alkyl carbamates (subject to hydrolysis) is 1. The van der Waals surface area contributed by atoms with Crippen LogP contribution in [-0.2, 0) is 19.6 Å². The van der Waals surface area contributed by atoms with E-state index in [-0.39, 0.29) is 10.5 Å². The molecule has 12 heteroatoms. The maximum absolute atomic E-state index is 13.4. The summed E-state index contributed by atoms with van der Waals surface area (Å²) >= 11 is 1.22. The number of nitrogens with one attached hydrogen (secondary N) is 2. The minimum Gasteiger partial charge on any atom is -0.444 e. The Labute approximate surface area is 237 Å². The number of anilines is 1. The molecule has 0 unspecified atom stereocenters. The number of carbonyl (C=O) groups is 2. The van der Waals surface area contributed by atoms with Gasteiger partial charge in [0.05, 0.1) is 10.6 Å². The molecule has 4 rings (SSSR count). The molecule has 0 radical (unpaired) electrons. The Hall–Kier alpha value is -3.77. The maximum atomic E-state index is 13.4. The molecule has 1 aromatic carbocycles. The summed E-state index contributed by atoms with van der Waals surface area (Å²) in [6.07, 6.45) is 0.846. The molecule has 2 amide bonds. The Balaban J connectivity index is 1.63. The van der Waals surface area contributed by atoms with Gasteiger partial charge in [0.2, 0.25) is 5.91 Å². The number of amides is 2. The fraction of sp³-hybridized carbons (Fsp3) is 0.357. The van der Waals surface area contributed by atoms with Crippen LogP contribution in [0.5, 0.6) is 0 Å². The molecule has 0 saturated carbocycles. The van der Waals surface area contributed by atoms with E-state index in [0.717, 1.165) is 0 Å². The van der Waals surface area contributed by atoms with Gasteiger partial charge < -0.3 is 15.4 Å². The van der Waals surface area contributed by atoms with E-state index in [0.29, 0.717) is 27.5 Å². The standard InChI is InChI=1S/C28H33N5O5S2/c1-17-15-20-19(13-14-29-23(20)33(17)40(36,37)18-11-9-8-10-12-18)21-16-39-25(30-21)32-24(34)22(27(2,3)4)31-26(35)38-28(5,6)7/h8-16,22H,1-7H3,(H,31,35)(H,30,32,34)/t22-/m1/s1. The molecule has 1 atom stereocenters. The van der Waals surface area contributed by atoms with Crippen LogP contribution in [0.25, 0.3) is 22.3 Å². The third-order valence-corrected chi connectivity index (χ3v) is 8.48. The molecule has 0 aliphatic carbocycles. The lowest BCUT2D eigenvalue weighted by Crippen LogP contribution is -2.52. The zero-order valence-corrected chi connectivity index (χ0v) is 25.1. The minimum absolute atomic E-state index is 0.162. The van der Waals surface area contributed by atoms with Crippen molar-refractivity contribution in [3.05, 3.63) is 59.7 Å². The first-order chi connectivity index (χ1) is 18.6. The van der Waals surface area contributed by atoms with Gasteiger partial charge in [-0.3, -0.25) is 4.79 Å². The van der Waals surface area contributed by atoms with Crippen LogP contribution in [0.1, 0.15) is 47.2 Å². The van der Waals surface area contributed by atoms with Gasteiger partial charge in [0, 0.05) is 28.2 Å². The molecule has 0 fully saturated rings. The van der Waals surface area contributed by atoms with Gasteiger partial charge in [0.15, 0.2) is 10.8 Å². The first-order valence-corrected chi connectivity index (χ1v) is 14.9. The Morgan fingerprint density at radius 3 is 2.35 bits per heavy atom. The molecule has 0 saturated heterocycles. The Morgan fingerprint density at radius 1 is 1.05 bits per heavy atom. The molecular weight excluding hydrogens is 550 g/mol. The molecular formula is C28H33N5O5S2. The number of carbonyl (C=O) groups excluding carboxylic acids is 2. The molecule has 10 nitrogen and oxygen atoms in total. The average Bonchev–Trinajstić information content (AvgIpc) is 3.44. The molecule has 3 heterocycles. The lowest BCUT2D eigenvalue weighted by Gasteiger charge is -2.31. The largest absolute Gasteiger partial charge is 0.444 e. The van der Waals surface area contributed by atoms with Gasteiger partial charge in [-0.1, -0.05) is 39.0 Å². The van der Waals surface area contributed by atoms with E-state index >= 15 is 0 Å². The van der Waals surface area contributed by atoms with Crippen molar-refractivity contribution in [1.29, 1.82) is 0 Å². The number of aromatic nitrogens is 3. The predicted octanol–water partition coefficient (Wildman–Crippen LogP) is 5.58. The second-order valence-corrected chi connectivity index (χ2v) is 14.1. The fourth-order valence-electron chi connectivity index (χ4n) is 4.16. The zero-order valence-electron chi connectivity index (χ0n) is 23.5. The number of pyridine rings is 1. The average molecular weight is 584 g/mol. The lowest BCUT2D eigenvalue weighted by molar-refractivity contribution is -0.120. The number of ether oxygens (including phenoxy) is 1. The number of rotatable bonds is 6. The summed E-state index contributed by atoms with van der Waals surface area (Å²) in [6, 6.07) is 10.8. The van der Waals surface area contributed by atoms with Crippen LogP contribution in [0.15, 0.2) is 58.9 Å². The van der Waals surface area contributed by atoms with Crippen molar-refractivity contribution in [2.75, 3.05) is 5.32 Å². The van der Waals surface area contributed by atoms with Crippen LogP contribution < -0.4 is 10.6 Å². The lowest BCUT2D eigenvalue weighted by atomic mass is 9.86. The first-order valence-electron chi connectivity index (χ1n) is 12.6. The van der Waals surface area contributed by atoms with Crippen LogP contribution in [-0.4, -0.2) is 46.0 Å². The van der Waals surface area contributed by atoms with Crippen LogP contribution in [0.3, 0.4) is 0 Å². The highest BCUT2D eigenvalue weighted by molar-refractivity contribution is 7.90. The molecule has 40 heavy (non-hydrogen) atoms. The summed E-state index contributed by atoms with van der Waals surface area (Å²) in [5.74, 6) is -0.435. The quantitative estimate of drug-likeness (QED) is 0.303. The number of thiazole rings is 1. The summed E-state index contributed by atoms with van der Waals surface area (Å²) in [5, 5.41) is 8.19. The van der Waals surface area contributed by atoms with Crippen LogP contribution >= 0.6 is 11.3 Å². The smallest absolute Gasteiger partial charge is 0.408 e. The van der Waals surface area contributed by atoms with Crippen molar-refractivity contribution < 1.29 is 22.7 Å². The van der Waals surface area contributed by atoms with E-state index in [4.69, 9.17) is 4.74 Å². The van der Waals surface area contributed by atoms with Gasteiger partial charge in [-0.25, -0.2) is 27.2 Å². The molecule has 0 aliphatic heterocycles. The Kier molecular flexibility index (Phi) is 7.79. The van der Waals surface area contributed by atoms with Crippen LogP contribution in [0.2, 0.25) is 0 Å². The van der Waals surface area contributed by atoms with Crippen molar-refractivity contribution in [3.63, 3.8) is 0 Å². The SMILES string of the molecule is Cc1cc2c(-c3csc(NC(=O)[C@@H](NC(=O)OC(C)(C)C)C(C)(C)C)n3)ccnc2n1S(=O)(=O)c1ccccc1. The molecule has 0 aliphatic rings. The van der Waals surface area contributed by atoms with Gasteiger partial charge >= 0.3 is 6.09 Å². The van der Waals surface area contributed by atoms with E-state index < -0.39 is 39.1 Å². The highest BCUT2D eigenvalue weighted by Gasteiger charge is 2.35. The van der Waals surface area contributed by atoms with Gasteiger partial charge in [-0.05, 0) is 57.4 Å². The Bertz CT molecular complexity index is 1660. The number of benzene rings is 1. The summed E-state index contributed by atoms with van der Waals surface area (Å²) in [7, 11) is -3.87. The van der Waals surface area contributed by atoms with E-state index in [2.05, 4.69) is 20.6 Å². The molecule has 212 valence electrons. The van der Waals surface area contributed by atoms with Crippen LogP contribution in [0, 0.1) is 12.3 Å². The monoisotopic (exact) mass is 583 g/mol. The fourth-order valence-corrected chi connectivity index (χ4v) is 6.39. The Morgan fingerprint density at radius 2 is 1.73 bits per heavy atom. The number of hydrogen-bond acceptors (Lipinski definition) is 8. The second kappa shape index (κ2) is 10.7. The minimum atomic E-state index is -3.87. The maximum Gasteiger partial charge on any atom is 0.408 e. The summed E-state index contributed by atoms with van der Waals surface area (Å²) in [5.41, 5.74) is 0.695. The van der Waals surface area contributed by atoms with E-state index in [1.807, 2.05) is 20.8 Å². The van der Waals surface area contributed by atoms with Crippen LogP contribution in [0.4, 0.5) is 9.93 Å². The number of hydrogen-bond donors (Lipinski definition) is 2. The van der Waals surface area contributed by atoms with Gasteiger partial charge in [0.25, 0.3) is 10.0 Å². The number of fused-ring (bicyclic) bond motifs is 1. The highest BCUT2D eigenvalue weighted by atomic mass is 32.2. The third-order valence-electron chi connectivity index (χ3n) is 5.92. The topological polar surface area (TPSA) is 132 Å². The predicted molar refractivity (Wildman–Crippen MR) is 156 cm³/mol. The number of aryl methyl sites for hydroxylation is 1. The van der Waals surface area contributed by atoms with Crippen molar-refractivity contribution in [3.8, 4) is 11.3 Å². The summed E-state index contributed by atoms with van der Waals surface area (Å²) < 4.78 is 33.4. The number of nitrogens with zero attached hydrogens (tertiary/aromatic N) is 3. The highest BCUT2D eigenvalue weighted by Crippen LogP contribution is 2.34. The molecule has 0 bridgehead atoms. The normalized spacial score (nSPS) is 13.2.